The van der Waals surface area contributed by atoms with Gasteiger partial charge >= 0.3 is 6.03 Å². The predicted octanol–water partition coefficient (Wildman–Crippen LogP) is 1.53. The standard InChI is InChI=1S/C18H25N5O2.C5H10O2/c1-20-7-9-21(10-8-20)16-12-22(13-16)14-3-2-4-15(11-14)23-6-5-17(24)19-18(23)25;1-5(2,3)7-4-6/h2-4,11,16H,5-10,12-13H2,1H3,(H,19,24,25);4H,1-3H3. The summed E-state index contributed by atoms with van der Waals surface area (Å²) in [5.74, 6) is -0.199. The number of carbonyl (C=O) groups excluding carboxylic acids is 3. The Morgan fingerprint density at radius 2 is 1.69 bits per heavy atom. The third-order valence-corrected chi connectivity index (χ3v) is 5.88. The number of nitrogens with zero attached hydrogens (tertiary/aromatic N) is 4. The van der Waals surface area contributed by atoms with E-state index in [0.717, 1.165) is 50.6 Å². The Morgan fingerprint density at radius 1 is 1.03 bits per heavy atom. The second-order valence-corrected chi connectivity index (χ2v) is 9.50. The maximum absolute atomic E-state index is 12.0. The number of likely N-dealkylation sites (N-methyl/N-ethyl adjacent to an activating group) is 1. The quantitative estimate of drug-likeness (QED) is 0.704. The summed E-state index contributed by atoms with van der Waals surface area (Å²) in [6.07, 6.45) is 0.352. The lowest BCUT2D eigenvalue weighted by atomic mass is 10.0. The van der Waals surface area contributed by atoms with Gasteiger partial charge in [0.05, 0.1) is 0 Å². The summed E-state index contributed by atoms with van der Waals surface area (Å²) >= 11 is 0. The molecule has 176 valence electrons. The fourth-order valence-electron chi connectivity index (χ4n) is 3.90. The lowest BCUT2D eigenvalue weighted by Crippen LogP contribution is -2.63. The van der Waals surface area contributed by atoms with Gasteiger partial charge in [0, 0.05) is 69.7 Å². The molecule has 0 saturated carbocycles. The second kappa shape index (κ2) is 10.3. The van der Waals surface area contributed by atoms with E-state index in [4.69, 9.17) is 0 Å². The van der Waals surface area contributed by atoms with Gasteiger partial charge in [-0.15, -0.1) is 0 Å². The first kappa shape index (κ1) is 24.0. The van der Waals surface area contributed by atoms with Gasteiger partial charge in [0.15, 0.2) is 0 Å². The van der Waals surface area contributed by atoms with E-state index in [0.29, 0.717) is 25.5 Å². The van der Waals surface area contributed by atoms with E-state index in [-0.39, 0.29) is 17.5 Å². The lowest BCUT2D eigenvalue weighted by Gasteiger charge is -2.49. The van der Waals surface area contributed by atoms with E-state index in [1.54, 1.807) is 4.90 Å². The number of rotatable bonds is 4. The molecule has 0 aromatic heterocycles. The summed E-state index contributed by atoms with van der Waals surface area (Å²) in [5.41, 5.74) is 1.68. The van der Waals surface area contributed by atoms with Gasteiger partial charge < -0.3 is 14.5 Å². The number of hydrogen-bond acceptors (Lipinski definition) is 7. The molecule has 0 atom stereocenters. The third kappa shape index (κ3) is 6.43. The molecule has 3 amide bonds. The Balaban J connectivity index is 0.000000360. The molecule has 32 heavy (non-hydrogen) atoms. The summed E-state index contributed by atoms with van der Waals surface area (Å²) in [4.78, 5) is 41.9. The van der Waals surface area contributed by atoms with Gasteiger partial charge in [0.1, 0.15) is 5.60 Å². The zero-order valence-corrected chi connectivity index (χ0v) is 19.5. The van der Waals surface area contributed by atoms with Gasteiger partial charge in [0.25, 0.3) is 6.47 Å². The maximum Gasteiger partial charge on any atom is 0.328 e. The molecule has 3 aliphatic heterocycles. The number of nitrogens with one attached hydrogen (secondary N) is 1. The van der Waals surface area contributed by atoms with Crippen LogP contribution in [-0.2, 0) is 14.3 Å². The molecule has 3 heterocycles. The van der Waals surface area contributed by atoms with Crippen LogP contribution in [0.3, 0.4) is 0 Å². The van der Waals surface area contributed by atoms with Crippen molar-refractivity contribution in [1.29, 1.82) is 0 Å². The van der Waals surface area contributed by atoms with Gasteiger partial charge in [-0.25, -0.2) is 4.79 Å². The molecule has 9 nitrogen and oxygen atoms in total. The van der Waals surface area contributed by atoms with Crippen molar-refractivity contribution in [3.05, 3.63) is 24.3 Å². The Labute approximate surface area is 190 Å². The van der Waals surface area contributed by atoms with Crippen molar-refractivity contribution >= 4 is 29.8 Å². The molecule has 3 saturated heterocycles. The van der Waals surface area contributed by atoms with Gasteiger partial charge in [-0.2, -0.15) is 0 Å². The molecule has 0 bridgehead atoms. The van der Waals surface area contributed by atoms with E-state index >= 15 is 0 Å². The summed E-state index contributed by atoms with van der Waals surface area (Å²) < 4.78 is 4.55. The molecule has 0 spiro atoms. The van der Waals surface area contributed by atoms with Crippen LogP contribution >= 0.6 is 0 Å². The number of benzene rings is 1. The van der Waals surface area contributed by atoms with E-state index in [1.807, 2.05) is 32.9 Å². The van der Waals surface area contributed by atoms with Crippen molar-refractivity contribution in [2.24, 2.45) is 0 Å². The van der Waals surface area contributed by atoms with Crippen LogP contribution in [0.4, 0.5) is 16.2 Å². The van der Waals surface area contributed by atoms with Crippen LogP contribution in [0.5, 0.6) is 0 Å². The molecule has 9 heteroatoms. The zero-order valence-electron chi connectivity index (χ0n) is 19.5. The van der Waals surface area contributed by atoms with Crippen molar-refractivity contribution in [3.63, 3.8) is 0 Å². The van der Waals surface area contributed by atoms with Crippen molar-refractivity contribution in [2.45, 2.75) is 38.8 Å². The molecule has 1 aromatic carbocycles. The first-order chi connectivity index (χ1) is 15.2. The lowest BCUT2D eigenvalue weighted by molar-refractivity contribution is -0.138. The van der Waals surface area contributed by atoms with Crippen LogP contribution in [0.1, 0.15) is 27.2 Å². The second-order valence-electron chi connectivity index (χ2n) is 9.50. The Morgan fingerprint density at radius 3 is 2.25 bits per heavy atom. The van der Waals surface area contributed by atoms with Crippen molar-refractivity contribution < 1.29 is 19.1 Å². The average Bonchev–Trinajstić information content (AvgIpc) is 2.68. The normalized spacial score (nSPS) is 20.8. The van der Waals surface area contributed by atoms with E-state index in [1.165, 1.54) is 0 Å². The predicted molar refractivity (Wildman–Crippen MR) is 124 cm³/mol. The van der Waals surface area contributed by atoms with Crippen molar-refractivity contribution in [3.8, 4) is 0 Å². The summed E-state index contributed by atoms with van der Waals surface area (Å²) in [6.45, 7) is 13.0. The molecule has 3 fully saturated rings. The smallest absolute Gasteiger partial charge is 0.328 e. The van der Waals surface area contributed by atoms with Crippen LogP contribution in [0.15, 0.2) is 24.3 Å². The van der Waals surface area contributed by atoms with Gasteiger partial charge in [-0.1, -0.05) is 6.07 Å². The number of piperazine rings is 1. The number of ether oxygens (including phenoxy) is 1. The fraction of sp³-hybridized carbons (Fsp3) is 0.609. The van der Waals surface area contributed by atoms with Crippen LogP contribution < -0.4 is 15.1 Å². The van der Waals surface area contributed by atoms with Crippen LogP contribution in [0.25, 0.3) is 0 Å². The minimum absolute atomic E-state index is 0.199. The third-order valence-electron chi connectivity index (χ3n) is 5.88. The van der Waals surface area contributed by atoms with Crippen LogP contribution in [0.2, 0.25) is 0 Å². The van der Waals surface area contributed by atoms with E-state index in [9.17, 15) is 14.4 Å². The first-order valence-electron chi connectivity index (χ1n) is 11.2. The Bertz CT molecular complexity index is 811. The SMILES string of the molecule is CC(C)(C)OC=O.CN1CCN(C2CN(c3cccc(N4CCC(=O)NC4=O)c3)C2)CC1. The average molecular weight is 446 g/mol. The highest BCUT2D eigenvalue weighted by atomic mass is 16.5. The Kier molecular flexibility index (Phi) is 7.73. The number of amides is 3. The molecular formula is C23H35N5O4. The van der Waals surface area contributed by atoms with E-state index < -0.39 is 0 Å². The zero-order chi connectivity index (χ0) is 23.3. The monoisotopic (exact) mass is 445 g/mol. The molecular weight excluding hydrogens is 410 g/mol. The van der Waals surface area contributed by atoms with Gasteiger partial charge in [-0.05, 0) is 46.0 Å². The number of imide groups is 1. The minimum Gasteiger partial charge on any atom is -0.462 e. The largest absolute Gasteiger partial charge is 0.462 e. The van der Waals surface area contributed by atoms with Crippen molar-refractivity contribution in [2.75, 3.05) is 62.7 Å². The first-order valence-corrected chi connectivity index (χ1v) is 11.2. The highest BCUT2D eigenvalue weighted by molar-refractivity contribution is 6.05. The maximum atomic E-state index is 12.0. The summed E-state index contributed by atoms with van der Waals surface area (Å²) in [7, 11) is 2.18. The highest BCUT2D eigenvalue weighted by Gasteiger charge is 2.33. The molecule has 0 aliphatic carbocycles. The number of carbonyl (C=O) groups is 3. The topological polar surface area (TPSA) is 85.4 Å². The molecule has 1 aromatic rings. The van der Waals surface area contributed by atoms with Crippen LogP contribution in [0, 0.1) is 0 Å². The molecule has 0 unspecified atom stereocenters. The van der Waals surface area contributed by atoms with Gasteiger partial charge in [-0.3, -0.25) is 24.7 Å². The minimum atomic E-state index is -0.327. The van der Waals surface area contributed by atoms with Gasteiger partial charge in [0.2, 0.25) is 5.91 Å². The van der Waals surface area contributed by atoms with E-state index in [2.05, 4.69) is 43.9 Å². The van der Waals surface area contributed by atoms with Crippen LogP contribution in [-0.4, -0.2) is 92.7 Å². The molecule has 4 rings (SSSR count). The molecule has 0 radical (unpaired) electrons. The number of anilines is 2. The Hall–Kier alpha value is -2.65. The molecule has 1 N–H and O–H groups in total. The summed E-state index contributed by atoms with van der Waals surface area (Å²) in [5, 5.41) is 2.38. The highest BCUT2D eigenvalue weighted by Crippen LogP contribution is 2.28. The summed E-state index contributed by atoms with van der Waals surface area (Å²) in [6, 6.07) is 8.36. The number of urea groups is 1. The van der Waals surface area contributed by atoms with Crippen molar-refractivity contribution in [1.82, 2.24) is 15.1 Å². The fourth-order valence-corrected chi connectivity index (χ4v) is 3.90. The molecule has 3 aliphatic rings. The number of hydrogen-bond donors (Lipinski definition) is 1.